The average Bonchev–Trinajstić information content (AvgIpc) is 2.73. The maximum atomic E-state index is 8.87. The summed E-state index contributed by atoms with van der Waals surface area (Å²) in [6.45, 7) is 2.17. The first-order chi connectivity index (χ1) is 7.79. The van der Waals surface area contributed by atoms with Crippen LogP contribution in [0.25, 0.3) is 0 Å². The van der Waals surface area contributed by atoms with E-state index < -0.39 is 0 Å². The van der Waals surface area contributed by atoms with Crippen molar-refractivity contribution in [2.24, 2.45) is 0 Å². The summed E-state index contributed by atoms with van der Waals surface area (Å²) in [4.78, 5) is 0. The Bertz CT molecular complexity index is 451. The second-order valence-electron chi connectivity index (χ2n) is 3.39. The van der Waals surface area contributed by atoms with Crippen molar-refractivity contribution in [2.75, 3.05) is 0 Å². The highest BCUT2D eigenvalue weighted by Crippen LogP contribution is 2.14. The van der Waals surface area contributed by atoms with Crippen LogP contribution in [0, 0.1) is 6.92 Å². The lowest BCUT2D eigenvalue weighted by Gasteiger charge is -2.04. The zero-order valence-corrected chi connectivity index (χ0v) is 8.88. The molecule has 0 saturated heterocycles. The van der Waals surface area contributed by atoms with Crippen LogP contribution < -0.4 is 4.74 Å². The van der Waals surface area contributed by atoms with Gasteiger partial charge in [0.25, 0.3) is 0 Å². The van der Waals surface area contributed by atoms with Crippen LogP contribution in [-0.2, 0) is 13.2 Å². The second-order valence-corrected chi connectivity index (χ2v) is 3.39. The third-order valence-corrected chi connectivity index (χ3v) is 2.23. The van der Waals surface area contributed by atoms with Crippen molar-refractivity contribution in [1.82, 2.24) is 10.3 Å². The predicted molar refractivity (Wildman–Crippen MR) is 55.7 cm³/mol. The molecule has 5 heteroatoms. The number of hydrogen-bond acceptors (Lipinski definition) is 5. The molecule has 0 aliphatic rings. The monoisotopic (exact) mass is 220 g/mol. The summed E-state index contributed by atoms with van der Waals surface area (Å²) in [5.74, 6) is 0.722. The Morgan fingerprint density at radius 1 is 1.25 bits per heavy atom. The normalized spacial score (nSPS) is 10.4. The Labute approximate surface area is 92.6 Å². The van der Waals surface area contributed by atoms with Gasteiger partial charge in [-0.15, -0.1) is 0 Å². The van der Waals surface area contributed by atoms with Gasteiger partial charge >= 0.3 is 0 Å². The van der Waals surface area contributed by atoms with Crippen molar-refractivity contribution in [2.45, 2.75) is 20.1 Å². The van der Waals surface area contributed by atoms with E-state index in [1.165, 1.54) is 0 Å². The van der Waals surface area contributed by atoms with E-state index in [1.54, 1.807) is 12.1 Å². The van der Waals surface area contributed by atoms with E-state index in [-0.39, 0.29) is 6.61 Å². The first-order valence-electron chi connectivity index (χ1n) is 4.90. The molecule has 1 aromatic carbocycles. The summed E-state index contributed by atoms with van der Waals surface area (Å²) in [6.07, 6.45) is 0. The third kappa shape index (κ3) is 2.38. The molecule has 5 nitrogen and oxygen atoms in total. The van der Waals surface area contributed by atoms with Gasteiger partial charge in [-0.1, -0.05) is 22.4 Å². The number of aliphatic hydroxyl groups excluding tert-OH is 1. The van der Waals surface area contributed by atoms with E-state index >= 15 is 0 Å². The molecule has 0 radical (unpaired) electrons. The van der Waals surface area contributed by atoms with Crippen LogP contribution in [0.1, 0.15) is 17.0 Å². The number of benzene rings is 1. The summed E-state index contributed by atoms with van der Waals surface area (Å²) in [7, 11) is 0. The molecule has 16 heavy (non-hydrogen) atoms. The molecule has 0 unspecified atom stereocenters. The molecule has 0 bridgehead atoms. The van der Waals surface area contributed by atoms with Crippen molar-refractivity contribution >= 4 is 0 Å². The van der Waals surface area contributed by atoms with Crippen LogP contribution in [-0.4, -0.2) is 15.4 Å². The Morgan fingerprint density at radius 3 is 2.56 bits per heavy atom. The van der Waals surface area contributed by atoms with E-state index in [2.05, 4.69) is 14.9 Å². The lowest BCUT2D eigenvalue weighted by molar-refractivity contribution is 0.269. The van der Waals surface area contributed by atoms with E-state index in [0.717, 1.165) is 17.0 Å². The Kier molecular flexibility index (Phi) is 3.16. The summed E-state index contributed by atoms with van der Waals surface area (Å²) in [5, 5.41) is 16.2. The van der Waals surface area contributed by atoms with Gasteiger partial charge in [0.1, 0.15) is 23.7 Å². The SMILES string of the molecule is Cc1nonc1COc1ccc(CO)cc1. The van der Waals surface area contributed by atoms with Crippen LogP contribution in [0.2, 0.25) is 0 Å². The fourth-order valence-electron chi connectivity index (χ4n) is 1.22. The molecular weight excluding hydrogens is 208 g/mol. The minimum atomic E-state index is 0.0343. The van der Waals surface area contributed by atoms with Crippen LogP contribution >= 0.6 is 0 Å². The van der Waals surface area contributed by atoms with Gasteiger partial charge in [-0.2, -0.15) is 0 Å². The molecule has 2 aromatic rings. The molecule has 84 valence electrons. The molecule has 0 spiro atoms. The number of hydrogen-bond donors (Lipinski definition) is 1. The van der Waals surface area contributed by atoms with E-state index in [9.17, 15) is 0 Å². The first kappa shape index (κ1) is 10.6. The van der Waals surface area contributed by atoms with Gasteiger partial charge in [-0.3, -0.25) is 0 Å². The molecule has 2 rings (SSSR count). The zero-order valence-electron chi connectivity index (χ0n) is 8.88. The van der Waals surface area contributed by atoms with E-state index in [4.69, 9.17) is 9.84 Å². The first-order valence-corrected chi connectivity index (χ1v) is 4.90. The van der Waals surface area contributed by atoms with E-state index in [0.29, 0.717) is 12.3 Å². The number of rotatable bonds is 4. The lowest BCUT2D eigenvalue weighted by Crippen LogP contribution is -1.97. The van der Waals surface area contributed by atoms with Crippen molar-refractivity contribution in [3.05, 3.63) is 41.2 Å². The number of aromatic nitrogens is 2. The zero-order chi connectivity index (χ0) is 11.4. The molecule has 1 aromatic heterocycles. The predicted octanol–water partition coefficient (Wildman–Crippen LogP) is 1.45. The number of nitrogens with zero attached hydrogens (tertiary/aromatic N) is 2. The maximum Gasteiger partial charge on any atom is 0.145 e. The number of aliphatic hydroxyl groups is 1. The second kappa shape index (κ2) is 4.76. The molecule has 0 fully saturated rings. The van der Waals surface area contributed by atoms with E-state index in [1.807, 2.05) is 19.1 Å². The van der Waals surface area contributed by atoms with Crippen LogP contribution in [0.5, 0.6) is 5.75 Å². The van der Waals surface area contributed by atoms with Crippen molar-refractivity contribution in [3.8, 4) is 5.75 Å². The molecule has 0 saturated carbocycles. The molecule has 0 aliphatic heterocycles. The van der Waals surface area contributed by atoms with Crippen molar-refractivity contribution < 1.29 is 14.5 Å². The molecule has 0 amide bonds. The summed E-state index contributed by atoms with van der Waals surface area (Å²) < 4.78 is 10.0. The van der Waals surface area contributed by atoms with Gasteiger partial charge in [0.05, 0.1) is 6.61 Å². The topological polar surface area (TPSA) is 68.4 Å². The third-order valence-electron chi connectivity index (χ3n) is 2.23. The Morgan fingerprint density at radius 2 is 2.00 bits per heavy atom. The summed E-state index contributed by atoms with van der Waals surface area (Å²) in [5.41, 5.74) is 2.27. The molecule has 1 heterocycles. The molecule has 1 N–H and O–H groups in total. The lowest BCUT2D eigenvalue weighted by atomic mass is 10.2. The molecular formula is C11H12N2O3. The number of ether oxygens (including phenoxy) is 1. The highest BCUT2D eigenvalue weighted by Gasteiger charge is 2.05. The largest absolute Gasteiger partial charge is 0.487 e. The number of aryl methyl sites for hydroxylation is 1. The van der Waals surface area contributed by atoms with Gasteiger partial charge in [0.2, 0.25) is 0 Å². The molecule has 0 aliphatic carbocycles. The minimum Gasteiger partial charge on any atom is -0.487 e. The van der Waals surface area contributed by atoms with Crippen molar-refractivity contribution in [1.29, 1.82) is 0 Å². The smallest absolute Gasteiger partial charge is 0.145 e. The summed E-state index contributed by atoms with van der Waals surface area (Å²) >= 11 is 0. The Balaban J connectivity index is 1.97. The minimum absolute atomic E-state index is 0.0343. The van der Waals surface area contributed by atoms with Crippen LogP contribution in [0.15, 0.2) is 28.9 Å². The quantitative estimate of drug-likeness (QED) is 0.844. The fourth-order valence-corrected chi connectivity index (χ4v) is 1.22. The van der Waals surface area contributed by atoms with Gasteiger partial charge < -0.3 is 9.84 Å². The van der Waals surface area contributed by atoms with Crippen molar-refractivity contribution in [3.63, 3.8) is 0 Å². The highest BCUT2D eigenvalue weighted by atomic mass is 16.6. The van der Waals surface area contributed by atoms with Crippen LogP contribution in [0.4, 0.5) is 0 Å². The van der Waals surface area contributed by atoms with Crippen LogP contribution in [0.3, 0.4) is 0 Å². The van der Waals surface area contributed by atoms with Gasteiger partial charge in [-0.25, -0.2) is 4.63 Å². The highest BCUT2D eigenvalue weighted by molar-refractivity contribution is 5.27. The molecule has 0 atom stereocenters. The maximum absolute atomic E-state index is 8.87. The van der Waals surface area contributed by atoms with Gasteiger partial charge in [-0.05, 0) is 24.6 Å². The standard InChI is InChI=1S/C11H12N2O3/c1-8-11(13-16-12-8)7-15-10-4-2-9(6-14)3-5-10/h2-5,14H,6-7H2,1H3. The average molecular weight is 220 g/mol. The van der Waals surface area contributed by atoms with Gasteiger partial charge in [0, 0.05) is 0 Å². The fraction of sp³-hybridized carbons (Fsp3) is 0.273. The summed E-state index contributed by atoms with van der Waals surface area (Å²) in [6, 6.07) is 7.22. The Hall–Kier alpha value is -1.88. The van der Waals surface area contributed by atoms with Gasteiger partial charge in [0.15, 0.2) is 0 Å².